The molecule has 3 aliphatic carbocycles. The zero-order valence-electron chi connectivity index (χ0n) is 12.9. The molecule has 1 atom stereocenters. The molecule has 3 fully saturated rings. The highest BCUT2D eigenvalue weighted by molar-refractivity contribution is 7.90. The van der Waals surface area contributed by atoms with Crippen molar-refractivity contribution in [2.75, 3.05) is 6.61 Å². The first kappa shape index (κ1) is 15.6. The second-order valence-electron chi connectivity index (χ2n) is 6.89. The lowest BCUT2D eigenvalue weighted by atomic mass is 9.70. The molecule has 1 N–H and O–H groups in total. The lowest BCUT2D eigenvalue weighted by molar-refractivity contribution is 0.0982. The first-order valence-corrected chi connectivity index (χ1v) is 10.6. The maximum absolute atomic E-state index is 12.7. The first-order chi connectivity index (χ1) is 11.0. The number of carbonyl (C=O) groups excluding carboxylic acids is 1. The van der Waals surface area contributed by atoms with E-state index in [0.29, 0.717) is 30.4 Å². The van der Waals surface area contributed by atoms with Crippen LogP contribution in [0.15, 0.2) is 6.07 Å². The molecule has 0 spiro atoms. The first-order valence-electron chi connectivity index (χ1n) is 8.28. The van der Waals surface area contributed by atoms with E-state index in [0.717, 1.165) is 42.5 Å². The van der Waals surface area contributed by atoms with Gasteiger partial charge in [0.25, 0.3) is 5.91 Å². The maximum atomic E-state index is 12.7. The van der Waals surface area contributed by atoms with Crippen molar-refractivity contribution >= 4 is 27.3 Å². The van der Waals surface area contributed by atoms with E-state index in [2.05, 4.69) is 4.72 Å². The van der Waals surface area contributed by atoms with Gasteiger partial charge in [-0.1, -0.05) is 12.8 Å². The molecular formula is C16H21NO4S2. The highest BCUT2D eigenvalue weighted by Crippen LogP contribution is 2.44. The second-order valence-corrected chi connectivity index (χ2v) is 9.93. The fraction of sp³-hybridized carbons (Fsp3) is 0.688. The van der Waals surface area contributed by atoms with Crippen LogP contribution in [0, 0.1) is 11.8 Å². The Bertz CT molecular complexity index is 693. The summed E-state index contributed by atoms with van der Waals surface area (Å²) in [5.41, 5.74) is 1.01. The van der Waals surface area contributed by atoms with Crippen molar-refractivity contribution in [3.05, 3.63) is 21.4 Å². The molecule has 1 aromatic heterocycles. The monoisotopic (exact) mass is 355 g/mol. The van der Waals surface area contributed by atoms with Crippen LogP contribution < -0.4 is 4.72 Å². The average molecular weight is 355 g/mol. The molecule has 1 aromatic rings. The van der Waals surface area contributed by atoms with Crippen LogP contribution in [0.5, 0.6) is 0 Å². The Morgan fingerprint density at radius 2 is 2.04 bits per heavy atom. The number of hydrogen-bond acceptors (Lipinski definition) is 5. The molecule has 0 saturated heterocycles. The van der Waals surface area contributed by atoms with Gasteiger partial charge in [0.05, 0.1) is 23.3 Å². The van der Waals surface area contributed by atoms with E-state index < -0.39 is 21.2 Å². The normalized spacial score (nSPS) is 30.0. The van der Waals surface area contributed by atoms with Crippen molar-refractivity contribution in [1.82, 2.24) is 4.72 Å². The summed E-state index contributed by atoms with van der Waals surface area (Å²) in [5.74, 6) is 0.254. The van der Waals surface area contributed by atoms with Gasteiger partial charge in [-0.25, -0.2) is 13.1 Å². The minimum Gasteiger partial charge on any atom is -0.376 e. The van der Waals surface area contributed by atoms with Crippen LogP contribution in [0.25, 0.3) is 0 Å². The van der Waals surface area contributed by atoms with E-state index in [9.17, 15) is 13.2 Å². The van der Waals surface area contributed by atoms with E-state index in [4.69, 9.17) is 4.74 Å². The Hall–Kier alpha value is -0.920. The summed E-state index contributed by atoms with van der Waals surface area (Å²) in [6.07, 6.45) is 5.75. The summed E-state index contributed by atoms with van der Waals surface area (Å²) in [6, 6.07) is 1.77. The van der Waals surface area contributed by atoms with Crippen LogP contribution in [0.3, 0.4) is 0 Å². The predicted molar refractivity (Wildman–Crippen MR) is 87.9 cm³/mol. The molecule has 5 rings (SSSR count). The number of fused-ring (bicyclic) bond motifs is 4. The van der Waals surface area contributed by atoms with E-state index >= 15 is 0 Å². The summed E-state index contributed by atoms with van der Waals surface area (Å²) in [6.45, 7) is 1.18. The van der Waals surface area contributed by atoms with Crippen molar-refractivity contribution in [3.63, 3.8) is 0 Å². The molecule has 1 unspecified atom stereocenters. The Kier molecular flexibility index (Phi) is 3.98. The van der Waals surface area contributed by atoms with Gasteiger partial charge in [0.1, 0.15) is 0 Å². The number of amides is 1. The summed E-state index contributed by atoms with van der Waals surface area (Å²) < 4.78 is 33.0. The summed E-state index contributed by atoms with van der Waals surface area (Å²) >= 11 is 1.39. The quantitative estimate of drug-likeness (QED) is 0.904. The maximum Gasteiger partial charge on any atom is 0.274 e. The molecule has 3 saturated carbocycles. The van der Waals surface area contributed by atoms with Gasteiger partial charge in [0, 0.05) is 11.3 Å². The largest absolute Gasteiger partial charge is 0.376 e. The van der Waals surface area contributed by atoms with Gasteiger partial charge in [-0.3, -0.25) is 4.79 Å². The lowest BCUT2D eigenvalue weighted by Crippen LogP contribution is -2.47. The number of rotatable bonds is 3. The third-order valence-electron chi connectivity index (χ3n) is 5.47. The molecule has 1 aliphatic heterocycles. The van der Waals surface area contributed by atoms with Crippen LogP contribution in [0.2, 0.25) is 0 Å². The standard InChI is InChI=1S/C16H21NO4S2/c18-16(14-8-12-9-21-6-5-13(12)22-14)17-23(19,20)15-7-10-1-3-11(15)4-2-10/h8,10-11,15H,1-7,9H2,(H,17,18). The summed E-state index contributed by atoms with van der Waals surface area (Å²) in [4.78, 5) is 14.0. The van der Waals surface area contributed by atoms with Gasteiger partial charge >= 0.3 is 0 Å². The molecule has 2 heterocycles. The van der Waals surface area contributed by atoms with E-state index in [-0.39, 0.29) is 5.92 Å². The van der Waals surface area contributed by atoms with Crippen LogP contribution in [0.4, 0.5) is 0 Å². The highest BCUT2D eigenvalue weighted by atomic mass is 32.2. The molecule has 0 aromatic carbocycles. The zero-order valence-corrected chi connectivity index (χ0v) is 14.5. The summed E-state index contributed by atoms with van der Waals surface area (Å²) in [5, 5.41) is -0.392. The Morgan fingerprint density at radius 3 is 2.70 bits per heavy atom. The second kappa shape index (κ2) is 5.86. The minimum absolute atomic E-state index is 0.218. The number of carbonyl (C=O) groups is 1. The minimum atomic E-state index is -3.59. The third kappa shape index (κ3) is 2.94. The smallest absolute Gasteiger partial charge is 0.274 e. The molecule has 5 nitrogen and oxygen atoms in total. The van der Waals surface area contributed by atoms with E-state index in [1.165, 1.54) is 11.3 Å². The fourth-order valence-corrected chi connectivity index (χ4v) is 7.14. The number of ether oxygens (including phenoxy) is 1. The van der Waals surface area contributed by atoms with E-state index in [1.807, 2.05) is 0 Å². The molecule has 4 aliphatic rings. The van der Waals surface area contributed by atoms with E-state index in [1.54, 1.807) is 6.07 Å². The molecule has 0 radical (unpaired) electrons. The third-order valence-corrected chi connectivity index (χ3v) is 8.55. The van der Waals surface area contributed by atoms with Crippen LogP contribution in [-0.4, -0.2) is 26.2 Å². The number of sulfonamides is 1. The Balaban J connectivity index is 1.50. The van der Waals surface area contributed by atoms with Gasteiger partial charge in [0.15, 0.2) is 0 Å². The van der Waals surface area contributed by atoms with Crippen molar-refractivity contribution in [1.29, 1.82) is 0 Å². The van der Waals surface area contributed by atoms with Crippen molar-refractivity contribution < 1.29 is 17.9 Å². The lowest BCUT2D eigenvalue weighted by Gasteiger charge is -2.41. The summed E-state index contributed by atoms with van der Waals surface area (Å²) in [7, 11) is -3.59. The van der Waals surface area contributed by atoms with Gasteiger partial charge in [0.2, 0.25) is 10.0 Å². The molecule has 1 amide bonds. The Labute approximate surface area is 140 Å². The topological polar surface area (TPSA) is 72.5 Å². The molecule has 23 heavy (non-hydrogen) atoms. The van der Waals surface area contributed by atoms with Crippen LogP contribution in [-0.2, 0) is 27.8 Å². The average Bonchev–Trinajstić information content (AvgIpc) is 3.00. The molecule has 7 heteroatoms. The van der Waals surface area contributed by atoms with Gasteiger partial charge in [-0.2, -0.15) is 0 Å². The highest BCUT2D eigenvalue weighted by Gasteiger charge is 2.43. The SMILES string of the molecule is O=C(NS(=O)(=O)C1CC2CCC1CC2)c1cc2c(s1)CCOC2. The van der Waals surface area contributed by atoms with Crippen molar-refractivity contribution in [2.24, 2.45) is 11.8 Å². The zero-order chi connectivity index (χ0) is 16.0. The molecular weight excluding hydrogens is 334 g/mol. The number of thiophene rings is 1. The molecule has 2 bridgehead atoms. The van der Waals surface area contributed by atoms with Crippen molar-refractivity contribution in [3.8, 4) is 0 Å². The van der Waals surface area contributed by atoms with Crippen molar-refractivity contribution in [2.45, 2.75) is 50.4 Å². The van der Waals surface area contributed by atoms with Gasteiger partial charge in [-0.05, 0) is 42.7 Å². The number of nitrogens with one attached hydrogen (secondary N) is 1. The predicted octanol–water partition coefficient (Wildman–Crippen LogP) is 2.46. The van der Waals surface area contributed by atoms with Gasteiger partial charge < -0.3 is 4.74 Å². The number of hydrogen-bond donors (Lipinski definition) is 1. The fourth-order valence-electron chi connectivity index (χ4n) is 4.21. The van der Waals surface area contributed by atoms with Crippen LogP contribution >= 0.6 is 11.3 Å². The van der Waals surface area contributed by atoms with Gasteiger partial charge in [-0.15, -0.1) is 11.3 Å². The molecule has 126 valence electrons. The Morgan fingerprint density at radius 1 is 1.26 bits per heavy atom. The van der Waals surface area contributed by atoms with Crippen LogP contribution in [0.1, 0.15) is 52.2 Å².